The fourth-order valence-electron chi connectivity index (χ4n) is 3.20. The van der Waals surface area contributed by atoms with Gasteiger partial charge >= 0.3 is 188 Å². The van der Waals surface area contributed by atoms with Gasteiger partial charge in [-0.2, -0.15) is 0 Å². The van der Waals surface area contributed by atoms with Gasteiger partial charge in [0.2, 0.25) is 0 Å². The first-order chi connectivity index (χ1) is 15.0. The maximum atomic E-state index is 11.8. The quantitative estimate of drug-likeness (QED) is 0.410. The molecule has 1 saturated heterocycles. The molecule has 0 bridgehead atoms. The van der Waals surface area contributed by atoms with Crippen molar-refractivity contribution in [3.63, 3.8) is 0 Å². The maximum absolute atomic E-state index is 11.8. The van der Waals surface area contributed by atoms with Crippen LogP contribution in [0.5, 0.6) is 5.75 Å². The first-order valence-electron chi connectivity index (χ1n) is 9.88. The molecule has 3 rings (SSSR count). The first-order valence-corrected chi connectivity index (χ1v) is 11.7. The van der Waals surface area contributed by atoms with E-state index < -0.39 is 35.3 Å². The van der Waals surface area contributed by atoms with Gasteiger partial charge in [-0.15, -0.1) is 0 Å². The monoisotopic (exact) mass is 494 g/mol. The Balaban J connectivity index is 1.75. The van der Waals surface area contributed by atoms with Gasteiger partial charge in [0, 0.05) is 0 Å². The summed E-state index contributed by atoms with van der Waals surface area (Å²) in [5.41, 5.74) is 0.932. The number of carbonyl (C=O) groups is 2. The average molecular weight is 493 g/mol. The van der Waals surface area contributed by atoms with Gasteiger partial charge in [0.1, 0.15) is 0 Å². The molecule has 1 fully saturated rings. The Morgan fingerprint density at radius 2 is 1.61 bits per heavy atom. The molecule has 0 amide bonds. The van der Waals surface area contributed by atoms with Crippen LogP contribution in [0.3, 0.4) is 0 Å². The van der Waals surface area contributed by atoms with Gasteiger partial charge < -0.3 is 0 Å². The van der Waals surface area contributed by atoms with Crippen LogP contribution in [-0.4, -0.2) is 63.9 Å². The molecular weight excluding hydrogens is 467 g/mol. The van der Waals surface area contributed by atoms with Crippen LogP contribution < -0.4 is 9.20 Å². The average Bonchev–Trinajstić information content (AvgIpc) is 2.76. The third-order valence-corrected chi connectivity index (χ3v) is 7.08. The van der Waals surface area contributed by atoms with Crippen molar-refractivity contribution in [1.29, 1.82) is 0 Å². The molecule has 0 aliphatic carbocycles. The predicted molar refractivity (Wildman–Crippen MR) is 114 cm³/mol. The second-order valence-corrected chi connectivity index (χ2v) is 9.44. The van der Waals surface area contributed by atoms with Crippen LogP contribution in [0.2, 0.25) is 0 Å². The van der Waals surface area contributed by atoms with Crippen molar-refractivity contribution in [3.8, 4) is 5.75 Å². The molecule has 2 aromatic rings. The molecule has 0 unspecified atom stereocenters. The van der Waals surface area contributed by atoms with Crippen molar-refractivity contribution in [1.82, 2.24) is 0 Å². The molecule has 7 nitrogen and oxygen atoms in total. The molecule has 2 aromatic carbocycles. The van der Waals surface area contributed by atoms with E-state index in [9.17, 15) is 9.59 Å². The van der Waals surface area contributed by atoms with Crippen molar-refractivity contribution in [2.45, 2.75) is 43.8 Å². The summed E-state index contributed by atoms with van der Waals surface area (Å²) in [5, 5.41) is -0.399. The van der Waals surface area contributed by atoms with Gasteiger partial charge in [-0.25, -0.2) is 0 Å². The Kier molecular flexibility index (Phi) is 8.49. The zero-order valence-corrected chi connectivity index (χ0v) is 19.4. The van der Waals surface area contributed by atoms with E-state index >= 15 is 0 Å². The molecule has 31 heavy (non-hydrogen) atoms. The number of hydrogen-bond donors (Lipinski definition) is 0. The van der Waals surface area contributed by atoms with Crippen LogP contribution in [-0.2, 0) is 35.1 Å². The van der Waals surface area contributed by atoms with Crippen molar-refractivity contribution >= 4 is 31.4 Å². The Bertz CT molecular complexity index is 856. The molecular formula is C23H26O7Se. The molecule has 1 aliphatic heterocycles. The van der Waals surface area contributed by atoms with Gasteiger partial charge in [0.15, 0.2) is 0 Å². The Labute approximate surface area is 188 Å². The third kappa shape index (κ3) is 6.80. The number of hydrogen-bond acceptors (Lipinski definition) is 7. The van der Waals surface area contributed by atoms with E-state index in [-0.39, 0.29) is 28.2 Å². The Morgan fingerprint density at radius 3 is 2.23 bits per heavy atom. The van der Waals surface area contributed by atoms with E-state index in [4.69, 9.17) is 23.7 Å². The van der Waals surface area contributed by atoms with E-state index in [2.05, 4.69) is 0 Å². The van der Waals surface area contributed by atoms with Gasteiger partial charge in [-0.3, -0.25) is 0 Å². The predicted octanol–water partition coefficient (Wildman–Crippen LogP) is 1.83. The van der Waals surface area contributed by atoms with Crippen molar-refractivity contribution in [3.05, 3.63) is 60.2 Å². The molecule has 8 heteroatoms. The second kappa shape index (κ2) is 11.3. The minimum absolute atomic E-state index is 0.152. The molecule has 0 N–H and O–H groups in total. The number of esters is 2. The molecule has 166 valence electrons. The van der Waals surface area contributed by atoms with Crippen LogP contribution in [0.1, 0.15) is 19.4 Å². The summed E-state index contributed by atoms with van der Waals surface area (Å²) >= 11 is -0.152. The van der Waals surface area contributed by atoms with Crippen LogP contribution in [0.15, 0.2) is 54.6 Å². The number of benzene rings is 2. The zero-order valence-electron chi connectivity index (χ0n) is 17.7. The van der Waals surface area contributed by atoms with Crippen LogP contribution in [0.25, 0.3) is 0 Å². The molecule has 0 radical (unpaired) electrons. The summed E-state index contributed by atoms with van der Waals surface area (Å²) in [7, 11) is 1.61. The number of rotatable bonds is 8. The molecule has 1 aliphatic rings. The van der Waals surface area contributed by atoms with Gasteiger partial charge in [0.05, 0.1) is 0 Å². The molecule has 1 heterocycles. The van der Waals surface area contributed by atoms with Gasteiger partial charge in [-0.05, 0) is 0 Å². The summed E-state index contributed by atoms with van der Waals surface area (Å²) in [5.74, 6) is -0.174. The fourth-order valence-corrected chi connectivity index (χ4v) is 5.45. The number of ether oxygens (including phenoxy) is 5. The summed E-state index contributed by atoms with van der Waals surface area (Å²) < 4.78 is 29.5. The van der Waals surface area contributed by atoms with E-state index in [1.807, 2.05) is 54.6 Å². The summed E-state index contributed by atoms with van der Waals surface area (Å²) in [6.07, 6.45) is -2.08. The molecule has 0 spiro atoms. The van der Waals surface area contributed by atoms with Crippen molar-refractivity contribution < 1.29 is 33.3 Å². The first kappa shape index (κ1) is 23.3. The van der Waals surface area contributed by atoms with E-state index in [0.29, 0.717) is 0 Å². The second-order valence-electron chi connectivity index (χ2n) is 6.98. The number of carbonyl (C=O) groups excluding carboxylic acids is 2. The standard InChI is InChI=1S/C23H26O7Se/c1-15(24)29-21-20(27-13-17-9-11-18(26-3)12-10-17)14-28-23(22(21)30-16(2)25)31-19-7-5-4-6-8-19/h4-12,20-23H,13-14H2,1-3H3/t20-,21+,22-,23+/m1/s1. The van der Waals surface area contributed by atoms with Crippen LogP contribution in [0, 0.1) is 0 Å². The van der Waals surface area contributed by atoms with Crippen molar-refractivity contribution in [2.75, 3.05) is 13.7 Å². The Morgan fingerprint density at radius 1 is 0.968 bits per heavy atom. The van der Waals surface area contributed by atoms with Gasteiger partial charge in [0.25, 0.3) is 0 Å². The summed E-state index contributed by atoms with van der Waals surface area (Å²) in [6, 6.07) is 17.3. The summed E-state index contributed by atoms with van der Waals surface area (Å²) in [6.45, 7) is 3.18. The van der Waals surface area contributed by atoms with E-state index in [0.717, 1.165) is 15.8 Å². The topological polar surface area (TPSA) is 80.3 Å². The third-order valence-electron chi connectivity index (χ3n) is 4.61. The molecule has 0 aromatic heterocycles. The van der Waals surface area contributed by atoms with Crippen LogP contribution >= 0.6 is 0 Å². The van der Waals surface area contributed by atoms with Crippen molar-refractivity contribution in [2.24, 2.45) is 0 Å². The Hall–Kier alpha value is -2.38. The minimum atomic E-state index is -0.760. The number of methoxy groups -OCH3 is 1. The zero-order chi connectivity index (χ0) is 22.2. The van der Waals surface area contributed by atoms with E-state index in [1.54, 1.807) is 7.11 Å². The molecule has 4 atom stereocenters. The SMILES string of the molecule is COc1ccc(CO[C@@H]2CO[C@@H]([Se]c3ccccc3)[C@H](OC(C)=O)[C@H]2OC(C)=O)cc1. The fraction of sp³-hybridized carbons (Fsp3) is 0.391. The van der Waals surface area contributed by atoms with E-state index in [1.165, 1.54) is 13.8 Å². The summed E-state index contributed by atoms with van der Waals surface area (Å²) in [4.78, 5) is 23.7. The van der Waals surface area contributed by atoms with Gasteiger partial charge in [-0.1, -0.05) is 0 Å². The normalized spacial score (nSPS) is 23.1. The van der Waals surface area contributed by atoms with Crippen LogP contribution in [0.4, 0.5) is 0 Å². The molecule has 0 saturated carbocycles.